The topological polar surface area (TPSA) is 46.2 Å². The Kier molecular flexibility index (Phi) is 5.28. The van der Waals surface area contributed by atoms with Crippen LogP contribution in [-0.4, -0.2) is 15.4 Å². The molecule has 0 saturated carbocycles. The molecule has 0 unspecified atom stereocenters. The minimum atomic E-state index is -1.24. The summed E-state index contributed by atoms with van der Waals surface area (Å²) in [6, 6.07) is 17.1. The predicted octanol–water partition coefficient (Wildman–Crippen LogP) is 3.27. The van der Waals surface area contributed by atoms with Gasteiger partial charge in [-0.15, -0.1) is 0 Å². The number of hydrogen-bond donors (Lipinski definition) is 1. The van der Waals surface area contributed by atoms with Crippen molar-refractivity contribution in [2.45, 2.75) is 24.9 Å². The molecule has 3 nitrogen and oxygen atoms in total. The number of anilines is 1. The first-order valence-electron chi connectivity index (χ1n) is 6.85. The maximum absolute atomic E-state index is 12.3. The van der Waals surface area contributed by atoms with Gasteiger partial charge in [0.2, 0.25) is 5.91 Å². The quantitative estimate of drug-likeness (QED) is 0.921. The molecule has 1 N–H and O–H groups in total. The van der Waals surface area contributed by atoms with E-state index in [0.29, 0.717) is 5.75 Å². The summed E-state index contributed by atoms with van der Waals surface area (Å²) < 4.78 is 12.3. The van der Waals surface area contributed by atoms with E-state index in [9.17, 15) is 9.00 Å². The van der Waals surface area contributed by atoms with E-state index in [1.165, 1.54) is 0 Å². The summed E-state index contributed by atoms with van der Waals surface area (Å²) in [4.78, 5) is 12.1. The molecule has 2 aromatic rings. The third kappa shape index (κ3) is 4.53. The molecule has 0 aliphatic rings. The molecule has 2 atom stereocenters. The lowest BCUT2D eigenvalue weighted by Gasteiger charge is -2.12. The first kappa shape index (κ1) is 15.4. The van der Waals surface area contributed by atoms with Crippen LogP contribution in [0, 0.1) is 6.92 Å². The van der Waals surface area contributed by atoms with E-state index in [-0.39, 0.29) is 5.91 Å². The predicted molar refractivity (Wildman–Crippen MR) is 87.6 cm³/mol. The van der Waals surface area contributed by atoms with E-state index < -0.39 is 16.0 Å². The Labute approximate surface area is 127 Å². The molecule has 0 saturated heterocycles. The van der Waals surface area contributed by atoms with Crippen LogP contribution in [0.25, 0.3) is 0 Å². The molecule has 1 amide bonds. The number of benzene rings is 2. The van der Waals surface area contributed by atoms with Crippen LogP contribution >= 0.6 is 0 Å². The van der Waals surface area contributed by atoms with Crippen LogP contribution in [0.15, 0.2) is 54.6 Å². The average Bonchev–Trinajstić information content (AvgIpc) is 2.47. The van der Waals surface area contributed by atoms with E-state index in [2.05, 4.69) is 5.32 Å². The van der Waals surface area contributed by atoms with Gasteiger partial charge in [0.1, 0.15) is 5.25 Å². The summed E-state index contributed by atoms with van der Waals surface area (Å²) in [7, 11) is -1.24. The molecule has 0 aromatic heterocycles. The molecule has 0 radical (unpaired) electrons. The van der Waals surface area contributed by atoms with Gasteiger partial charge in [-0.3, -0.25) is 9.00 Å². The number of carbonyl (C=O) groups excluding carboxylic acids is 1. The monoisotopic (exact) mass is 301 g/mol. The minimum Gasteiger partial charge on any atom is -0.325 e. The van der Waals surface area contributed by atoms with Crippen molar-refractivity contribution in [1.29, 1.82) is 0 Å². The fraction of sp³-hybridized carbons (Fsp3) is 0.235. The maximum Gasteiger partial charge on any atom is 0.239 e. The Morgan fingerprint density at radius 2 is 1.86 bits per heavy atom. The summed E-state index contributed by atoms with van der Waals surface area (Å²) in [5.74, 6) is 0.178. The lowest BCUT2D eigenvalue weighted by Crippen LogP contribution is -2.29. The van der Waals surface area contributed by atoms with Gasteiger partial charge >= 0.3 is 0 Å². The zero-order valence-electron chi connectivity index (χ0n) is 12.2. The number of nitrogens with one attached hydrogen (secondary N) is 1. The standard InChI is InChI=1S/C17H19NO2S/c1-13-7-6-8-15(11-13)12-21(20)14(2)17(19)18-16-9-4-3-5-10-16/h3-11,14H,12H2,1-2H3,(H,18,19)/t14-,21+/m1/s1. The summed E-state index contributed by atoms with van der Waals surface area (Å²) in [5.41, 5.74) is 2.85. The molecule has 4 heteroatoms. The third-order valence-electron chi connectivity index (χ3n) is 3.20. The van der Waals surface area contributed by atoms with Gasteiger partial charge in [0.15, 0.2) is 0 Å². The number of para-hydroxylation sites is 1. The van der Waals surface area contributed by atoms with Gasteiger partial charge in [0, 0.05) is 22.2 Å². The Morgan fingerprint density at radius 1 is 1.14 bits per heavy atom. The van der Waals surface area contributed by atoms with Crippen LogP contribution in [0.2, 0.25) is 0 Å². The summed E-state index contributed by atoms with van der Waals surface area (Å²) in [5, 5.41) is 2.24. The lowest BCUT2D eigenvalue weighted by atomic mass is 10.2. The van der Waals surface area contributed by atoms with Crippen molar-refractivity contribution in [3.63, 3.8) is 0 Å². The summed E-state index contributed by atoms with van der Waals surface area (Å²) in [6.07, 6.45) is 0. The van der Waals surface area contributed by atoms with E-state index >= 15 is 0 Å². The molecule has 21 heavy (non-hydrogen) atoms. The van der Waals surface area contributed by atoms with Gasteiger partial charge in [0.25, 0.3) is 0 Å². The Bertz CT molecular complexity index is 640. The highest BCUT2D eigenvalue weighted by atomic mass is 32.2. The third-order valence-corrected chi connectivity index (χ3v) is 4.82. The van der Waals surface area contributed by atoms with Crippen molar-refractivity contribution < 1.29 is 9.00 Å². The van der Waals surface area contributed by atoms with Crippen molar-refractivity contribution >= 4 is 22.4 Å². The molecular weight excluding hydrogens is 282 g/mol. The van der Waals surface area contributed by atoms with Crippen molar-refractivity contribution in [3.8, 4) is 0 Å². The number of amides is 1. The van der Waals surface area contributed by atoms with Crippen molar-refractivity contribution in [2.24, 2.45) is 0 Å². The molecule has 0 aliphatic heterocycles. The van der Waals surface area contributed by atoms with Crippen LogP contribution < -0.4 is 5.32 Å². The molecule has 0 heterocycles. The normalized spacial score (nSPS) is 13.4. The summed E-state index contributed by atoms with van der Waals surface area (Å²) >= 11 is 0. The fourth-order valence-electron chi connectivity index (χ4n) is 1.98. The summed E-state index contributed by atoms with van der Waals surface area (Å²) in [6.45, 7) is 3.70. The molecule has 0 bridgehead atoms. The van der Waals surface area contributed by atoms with E-state index in [1.54, 1.807) is 6.92 Å². The number of carbonyl (C=O) groups is 1. The van der Waals surface area contributed by atoms with Gasteiger partial charge in [0.05, 0.1) is 0 Å². The van der Waals surface area contributed by atoms with Gasteiger partial charge in [-0.25, -0.2) is 0 Å². The SMILES string of the molecule is Cc1cccc(C[S@](=O)[C@H](C)C(=O)Nc2ccccc2)c1. The van der Waals surface area contributed by atoms with Gasteiger partial charge in [-0.2, -0.15) is 0 Å². The second kappa shape index (κ2) is 7.18. The number of hydrogen-bond acceptors (Lipinski definition) is 2. The Hall–Kier alpha value is -1.94. The van der Waals surface area contributed by atoms with Crippen LogP contribution in [0.4, 0.5) is 5.69 Å². The Morgan fingerprint density at radius 3 is 2.52 bits per heavy atom. The molecule has 110 valence electrons. The molecule has 0 fully saturated rings. The second-order valence-electron chi connectivity index (χ2n) is 5.01. The van der Waals surface area contributed by atoms with Gasteiger partial charge in [-0.05, 0) is 31.5 Å². The van der Waals surface area contributed by atoms with E-state index in [1.807, 2.05) is 61.5 Å². The molecular formula is C17H19NO2S. The number of rotatable bonds is 5. The highest BCUT2D eigenvalue weighted by molar-refractivity contribution is 7.85. The van der Waals surface area contributed by atoms with Gasteiger partial charge < -0.3 is 5.32 Å². The van der Waals surface area contributed by atoms with Crippen LogP contribution in [0.3, 0.4) is 0 Å². The minimum absolute atomic E-state index is 0.216. The van der Waals surface area contributed by atoms with Crippen LogP contribution in [0.1, 0.15) is 18.1 Å². The van der Waals surface area contributed by atoms with Gasteiger partial charge in [-0.1, -0.05) is 48.0 Å². The highest BCUT2D eigenvalue weighted by Gasteiger charge is 2.20. The zero-order valence-corrected chi connectivity index (χ0v) is 13.0. The largest absolute Gasteiger partial charge is 0.325 e. The lowest BCUT2D eigenvalue weighted by molar-refractivity contribution is -0.115. The van der Waals surface area contributed by atoms with Crippen LogP contribution in [-0.2, 0) is 21.3 Å². The van der Waals surface area contributed by atoms with Crippen LogP contribution in [0.5, 0.6) is 0 Å². The first-order chi connectivity index (χ1) is 10.1. The Balaban J connectivity index is 1.97. The van der Waals surface area contributed by atoms with Crippen molar-refractivity contribution in [1.82, 2.24) is 0 Å². The molecule has 0 aliphatic carbocycles. The van der Waals surface area contributed by atoms with E-state index in [4.69, 9.17) is 0 Å². The maximum atomic E-state index is 12.3. The van der Waals surface area contributed by atoms with Crippen molar-refractivity contribution in [2.75, 3.05) is 5.32 Å². The first-order valence-corrected chi connectivity index (χ1v) is 8.23. The molecule has 2 aromatic carbocycles. The fourth-order valence-corrected chi connectivity index (χ4v) is 3.03. The zero-order chi connectivity index (χ0) is 15.2. The highest BCUT2D eigenvalue weighted by Crippen LogP contribution is 2.12. The smallest absolute Gasteiger partial charge is 0.239 e. The average molecular weight is 301 g/mol. The van der Waals surface area contributed by atoms with Crippen molar-refractivity contribution in [3.05, 3.63) is 65.7 Å². The molecule has 0 spiro atoms. The molecule has 2 rings (SSSR count). The van der Waals surface area contributed by atoms with E-state index in [0.717, 1.165) is 16.8 Å². The second-order valence-corrected chi connectivity index (χ2v) is 6.77. The number of aryl methyl sites for hydroxylation is 1.